The van der Waals surface area contributed by atoms with E-state index in [4.69, 9.17) is 4.74 Å². The Bertz CT molecular complexity index is 324. The Labute approximate surface area is 85.9 Å². The van der Waals surface area contributed by atoms with Crippen LogP contribution in [0.25, 0.3) is 0 Å². The summed E-state index contributed by atoms with van der Waals surface area (Å²) in [5, 5.41) is 0. The van der Waals surface area contributed by atoms with Crippen LogP contribution in [-0.4, -0.2) is 11.6 Å². The maximum atomic E-state index is 5.09. The largest absolute Gasteiger partial charge is 0.479 e. The third kappa shape index (κ3) is 2.25. The van der Waals surface area contributed by atoms with Gasteiger partial charge in [-0.25, -0.2) is 0 Å². The Kier molecular flexibility index (Phi) is 2.54. The second-order valence-electron chi connectivity index (χ2n) is 2.96. The molecule has 1 aliphatic heterocycles. The van der Waals surface area contributed by atoms with E-state index in [0.717, 1.165) is 11.0 Å². The maximum Gasteiger partial charge on any atom is 0.160 e. The smallest absolute Gasteiger partial charge is 0.160 e. The molecule has 0 atom stereocenters. The van der Waals surface area contributed by atoms with Crippen LogP contribution in [-0.2, 0) is 11.3 Å². The van der Waals surface area contributed by atoms with Crippen molar-refractivity contribution in [2.24, 2.45) is 0 Å². The van der Waals surface area contributed by atoms with Crippen molar-refractivity contribution in [3.63, 3.8) is 0 Å². The summed E-state index contributed by atoms with van der Waals surface area (Å²) < 4.78 is 6.21. The first kappa shape index (κ1) is 8.63. The average molecular weight is 240 g/mol. The van der Waals surface area contributed by atoms with E-state index in [-0.39, 0.29) is 0 Å². The van der Waals surface area contributed by atoms with Gasteiger partial charge in [0.15, 0.2) is 6.73 Å². The number of ether oxygens (including phenoxy) is 1. The van der Waals surface area contributed by atoms with Crippen LogP contribution in [0.1, 0.15) is 5.56 Å². The van der Waals surface area contributed by atoms with Gasteiger partial charge in [0, 0.05) is 17.2 Å². The summed E-state index contributed by atoms with van der Waals surface area (Å²) >= 11 is 3.44. The Morgan fingerprint density at radius 3 is 3.08 bits per heavy atom. The lowest BCUT2D eigenvalue weighted by molar-refractivity contribution is 0.167. The molecular formula is C10H10BrNO. The summed E-state index contributed by atoms with van der Waals surface area (Å²) in [5.41, 5.74) is 1.28. The van der Waals surface area contributed by atoms with E-state index in [0.29, 0.717) is 6.73 Å². The van der Waals surface area contributed by atoms with Crippen LogP contribution in [0.4, 0.5) is 0 Å². The molecule has 1 aromatic rings. The molecule has 0 amide bonds. The summed E-state index contributed by atoms with van der Waals surface area (Å²) in [5.74, 6) is 0. The highest BCUT2D eigenvalue weighted by Crippen LogP contribution is 2.14. The van der Waals surface area contributed by atoms with Gasteiger partial charge in [0.1, 0.15) is 6.26 Å². The fourth-order valence-corrected chi connectivity index (χ4v) is 1.73. The number of halogens is 1. The Morgan fingerprint density at radius 2 is 2.38 bits per heavy atom. The second-order valence-corrected chi connectivity index (χ2v) is 3.87. The molecule has 68 valence electrons. The van der Waals surface area contributed by atoms with E-state index in [2.05, 4.69) is 33.0 Å². The molecule has 3 heteroatoms. The van der Waals surface area contributed by atoms with Crippen molar-refractivity contribution in [2.75, 3.05) is 6.73 Å². The van der Waals surface area contributed by atoms with Crippen LogP contribution in [0.3, 0.4) is 0 Å². The van der Waals surface area contributed by atoms with Crippen LogP contribution in [0.5, 0.6) is 0 Å². The van der Waals surface area contributed by atoms with Gasteiger partial charge in [-0.1, -0.05) is 28.1 Å². The van der Waals surface area contributed by atoms with E-state index in [1.807, 2.05) is 18.3 Å². The summed E-state index contributed by atoms with van der Waals surface area (Å²) in [4.78, 5) is 2.11. The van der Waals surface area contributed by atoms with Gasteiger partial charge in [0.05, 0.1) is 0 Å². The minimum absolute atomic E-state index is 0.659. The minimum Gasteiger partial charge on any atom is -0.479 e. The molecule has 0 saturated carbocycles. The van der Waals surface area contributed by atoms with Crippen molar-refractivity contribution in [2.45, 2.75) is 6.54 Å². The predicted molar refractivity (Wildman–Crippen MR) is 54.8 cm³/mol. The zero-order valence-electron chi connectivity index (χ0n) is 7.11. The molecule has 0 bridgehead atoms. The minimum atomic E-state index is 0.659. The lowest BCUT2D eigenvalue weighted by atomic mass is 10.2. The van der Waals surface area contributed by atoms with Gasteiger partial charge < -0.3 is 9.64 Å². The van der Waals surface area contributed by atoms with Crippen LogP contribution < -0.4 is 0 Å². The van der Waals surface area contributed by atoms with E-state index in [9.17, 15) is 0 Å². The summed E-state index contributed by atoms with van der Waals surface area (Å²) in [6, 6.07) is 8.29. The Balaban J connectivity index is 2.04. The lowest BCUT2D eigenvalue weighted by Crippen LogP contribution is -2.14. The third-order valence-corrected chi connectivity index (χ3v) is 2.38. The van der Waals surface area contributed by atoms with Gasteiger partial charge in [0.25, 0.3) is 0 Å². The van der Waals surface area contributed by atoms with Gasteiger partial charge in [-0.3, -0.25) is 0 Å². The van der Waals surface area contributed by atoms with Crippen molar-refractivity contribution in [1.29, 1.82) is 0 Å². The Hall–Kier alpha value is -0.960. The van der Waals surface area contributed by atoms with Gasteiger partial charge in [0.2, 0.25) is 0 Å². The maximum absolute atomic E-state index is 5.09. The average Bonchev–Trinajstić information content (AvgIpc) is 2.57. The zero-order valence-corrected chi connectivity index (χ0v) is 8.70. The third-order valence-electron chi connectivity index (χ3n) is 1.88. The van der Waals surface area contributed by atoms with E-state index in [1.54, 1.807) is 6.26 Å². The summed E-state index contributed by atoms with van der Waals surface area (Å²) in [6.45, 7) is 1.56. The molecule has 1 heterocycles. The highest BCUT2D eigenvalue weighted by atomic mass is 79.9. The van der Waals surface area contributed by atoms with Crippen molar-refractivity contribution < 1.29 is 4.74 Å². The number of hydrogen-bond acceptors (Lipinski definition) is 2. The molecule has 1 aromatic carbocycles. The summed E-state index contributed by atoms with van der Waals surface area (Å²) in [6.07, 6.45) is 3.68. The van der Waals surface area contributed by atoms with E-state index >= 15 is 0 Å². The van der Waals surface area contributed by atoms with Crippen LogP contribution in [0, 0.1) is 0 Å². The normalized spacial score (nSPS) is 14.7. The molecule has 0 aromatic heterocycles. The van der Waals surface area contributed by atoms with E-state index < -0.39 is 0 Å². The summed E-state index contributed by atoms with van der Waals surface area (Å²) in [7, 11) is 0. The fourth-order valence-electron chi connectivity index (χ4n) is 1.28. The van der Waals surface area contributed by atoms with Crippen LogP contribution in [0.2, 0.25) is 0 Å². The molecule has 0 saturated heterocycles. The molecule has 2 rings (SSSR count). The van der Waals surface area contributed by atoms with Gasteiger partial charge in [-0.15, -0.1) is 0 Å². The van der Waals surface area contributed by atoms with E-state index in [1.165, 1.54) is 5.56 Å². The molecule has 0 aliphatic carbocycles. The van der Waals surface area contributed by atoms with Crippen LogP contribution >= 0.6 is 15.9 Å². The van der Waals surface area contributed by atoms with Gasteiger partial charge in [-0.05, 0) is 17.7 Å². The standard InChI is InChI=1S/C10H10BrNO/c11-10-3-1-2-9(6-10)7-12-4-5-13-8-12/h1-6H,7-8H2. The molecule has 2 nitrogen and oxygen atoms in total. The quantitative estimate of drug-likeness (QED) is 0.788. The molecule has 0 N–H and O–H groups in total. The zero-order chi connectivity index (χ0) is 9.10. The lowest BCUT2D eigenvalue weighted by Gasteiger charge is -2.13. The van der Waals surface area contributed by atoms with Crippen LogP contribution in [0.15, 0.2) is 41.2 Å². The number of rotatable bonds is 2. The van der Waals surface area contributed by atoms with Crippen molar-refractivity contribution in [3.05, 3.63) is 46.8 Å². The molecule has 0 radical (unpaired) electrons. The fraction of sp³-hybridized carbons (Fsp3) is 0.200. The highest BCUT2D eigenvalue weighted by Gasteiger charge is 2.05. The molecule has 0 fully saturated rings. The first-order chi connectivity index (χ1) is 6.34. The second kappa shape index (κ2) is 3.83. The highest BCUT2D eigenvalue weighted by molar-refractivity contribution is 9.10. The first-order valence-electron chi connectivity index (χ1n) is 4.11. The van der Waals surface area contributed by atoms with Gasteiger partial charge in [-0.2, -0.15) is 0 Å². The Morgan fingerprint density at radius 1 is 1.46 bits per heavy atom. The van der Waals surface area contributed by atoms with Crippen molar-refractivity contribution in [3.8, 4) is 0 Å². The van der Waals surface area contributed by atoms with Gasteiger partial charge >= 0.3 is 0 Å². The molecular weight excluding hydrogens is 230 g/mol. The SMILES string of the molecule is Brc1cccc(CN2C=COC2)c1. The predicted octanol–water partition coefficient (Wildman–Crippen LogP) is 2.71. The topological polar surface area (TPSA) is 12.5 Å². The number of benzene rings is 1. The first-order valence-corrected chi connectivity index (χ1v) is 4.91. The number of hydrogen-bond donors (Lipinski definition) is 0. The molecule has 0 spiro atoms. The monoisotopic (exact) mass is 239 g/mol. The molecule has 13 heavy (non-hydrogen) atoms. The molecule has 1 aliphatic rings. The van der Waals surface area contributed by atoms with Crippen molar-refractivity contribution in [1.82, 2.24) is 4.90 Å². The van der Waals surface area contributed by atoms with Crippen molar-refractivity contribution >= 4 is 15.9 Å². The molecule has 0 unspecified atom stereocenters. The number of nitrogens with zero attached hydrogens (tertiary/aromatic N) is 1.